The lowest BCUT2D eigenvalue weighted by Gasteiger charge is -2.26. The fourth-order valence-electron chi connectivity index (χ4n) is 3.93. The van der Waals surface area contributed by atoms with E-state index in [1.165, 1.54) is 5.56 Å². The van der Waals surface area contributed by atoms with Crippen molar-refractivity contribution >= 4 is 5.91 Å². The molecule has 3 heterocycles. The van der Waals surface area contributed by atoms with Crippen molar-refractivity contribution in [3.63, 3.8) is 0 Å². The van der Waals surface area contributed by atoms with Gasteiger partial charge in [-0.25, -0.2) is 0 Å². The smallest absolute Gasteiger partial charge is 0.228 e. The molecule has 0 aromatic carbocycles. The Morgan fingerprint density at radius 1 is 1.17 bits per heavy atom. The lowest BCUT2D eigenvalue weighted by molar-refractivity contribution is -0.137. The first kappa shape index (κ1) is 16.4. The number of ether oxygens (including phenoxy) is 1. The molecule has 0 N–H and O–H groups in total. The molecule has 0 saturated carbocycles. The van der Waals surface area contributed by atoms with E-state index in [4.69, 9.17) is 4.74 Å². The van der Waals surface area contributed by atoms with Crippen molar-refractivity contribution in [3.05, 3.63) is 30.1 Å². The van der Waals surface area contributed by atoms with Crippen molar-refractivity contribution in [1.29, 1.82) is 0 Å². The van der Waals surface area contributed by atoms with Crippen molar-refractivity contribution < 1.29 is 9.53 Å². The normalized spacial score (nSPS) is 26.0. The van der Waals surface area contributed by atoms with E-state index in [0.717, 1.165) is 58.4 Å². The van der Waals surface area contributed by atoms with Gasteiger partial charge >= 0.3 is 0 Å². The quantitative estimate of drug-likeness (QED) is 0.832. The molecule has 23 heavy (non-hydrogen) atoms. The van der Waals surface area contributed by atoms with Crippen LogP contribution in [0.3, 0.4) is 0 Å². The summed E-state index contributed by atoms with van der Waals surface area (Å²) in [5.74, 6) is 0.361. The molecule has 0 aliphatic carbocycles. The molecule has 1 aromatic rings. The Hall–Kier alpha value is -1.46. The van der Waals surface area contributed by atoms with Gasteiger partial charge in [-0.1, -0.05) is 0 Å². The van der Waals surface area contributed by atoms with Crippen LogP contribution in [-0.4, -0.2) is 60.6 Å². The van der Waals surface area contributed by atoms with E-state index in [1.807, 2.05) is 17.3 Å². The van der Waals surface area contributed by atoms with Crippen LogP contribution in [0.2, 0.25) is 0 Å². The van der Waals surface area contributed by atoms with Crippen LogP contribution in [0.15, 0.2) is 24.5 Å². The van der Waals surface area contributed by atoms with Gasteiger partial charge in [0.25, 0.3) is 0 Å². The molecule has 1 atom stereocenters. The fraction of sp³-hybridized carbons (Fsp3) is 0.667. The number of likely N-dealkylation sites (tertiary alicyclic amines) is 2. The van der Waals surface area contributed by atoms with Crippen LogP contribution in [0.1, 0.15) is 31.2 Å². The highest BCUT2D eigenvalue weighted by Gasteiger charge is 2.46. The third-order valence-corrected chi connectivity index (χ3v) is 5.36. The molecule has 126 valence electrons. The van der Waals surface area contributed by atoms with Gasteiger partial charge in [0.2, 0.25) is 5.91 Å². The number of pyridine rings is 1. The standard InChI is InChI=1S/C18H27N3O2/c1-23-14-13-21-12-7-18(17(21)22)5-2-10-20(11-6-18)15-16-3-8-19-9-4-16/h3-4,8-9H,2,5-7,10-15H2,1H3. The van der Waals surface area contributed by atoms with E-state index in [0.29, 0.717) is 12.5 Å². The first-order chi connectivity index (χ1) is 11.2. The number of nitrogens with zero attached hydrogens (tertiary/aromatic N) is 3. The van der Waals surface area contributed by atoms with Crippen molar-refractivity contribution in [2.45, 2.75) is 32.2 Å². The summed E-state index contributed by atoms with van der Waals surface area (Å²) in [6.07, 6.45) is 7.84. The lowest BCUT2D eigenvalue weighted by atomic mass is 9.79. The Morgan fingerprint density at radius 2 is 1.96 bits per heavy atom. The topological polar surface area (TPSA) is 45.7 Å². The maximum atomic E-state index is 12.8. The lowest BCUT2D eigenvalue weighted by Crippen LogP contribution is -2.37. The summed E-state index contributed by atoms with van der Waals surface area (Å²) in [5, 5.41) is 0. The van der Waals surface area contributed by atoms with Crippen LogP contribution in [0.5, 0.6) is 0 Å². The van der Waals surface area contributed by atoms with Gasteiger partial charge in [-0.15, -0.1) is 0 Å². The number of methoxy groups -OCH3 is 1. The van der Waals surface area contributed by atoms with Crippen molar-refractivity contribution in [2.24, 2.45) is 5.41 Å². The molecule has 2 aliphatic rings. The summed E-state index contributed by atoms with van der Waals surface area (Å²) in [6.45, 7) is 5.31. The molecule has 1 aromatic heterocycles. The molecule has 0 bridgehead atoms. The van der Waals surface area contributed by atoms with Crippen LogP contribution < -0.4 is 0 Å². The van der Waals surface area contributed by atoms with Gasteiger partial charge in [-0.3, -0.25) is 14.7 Å². The van der Waals surface area contributed by atoms with E-state index in [9.17, 15) is 4.79 Å². The molecule has 2 aliphatic heterocycles. The van der Waals surface area contributed by atoms with E-state index in [-0.39, 0.29) is 5.41 Å². The highest BCUT2D eigenvalue weighted by Crippen LogP contribution is 2.41. The zero-order valence-electron chi connectivity index (χ0n) is 14.0. The van der Waals surface area contributed by atoms with Crippen molar-refractivity contribution in [1.82, 2.24) is 14.8 Å². The monoisotopic (exact) mass is 317 g/mol. The predicted molar refractivity (Wildman–Crippen MR) is 88.9 cm³/mol. The first-order valence-electron chi connectivity index (χ1n) is 8.63. The summed E-state index contributed by atoms with van der Waals surface area (Å²) in [4.78, 5) is 21.4. The van der Waals surface area contributed by atoms with E-state index in [2.05, 4.69) is 22.0 Å². The molecule has 2 fully saturated rings. The van der Waals surface area contributed by atoms with Gasteiger partial charge in [0.05, 0.1) is 12.0 Å². The van der Waals surface area contributed by atoms with Gasteiger partial charge in [0.1, 0.15) is 0 Å². The van der Waals surface area contributed by atoms with Gasteiger partial charge in [-0.05, 0) is 56.5 Å². The third kappa shape index (κ3) is 3.72. The number of aromatic nitrogens is 1. The Kier molecular flexibility index (Phi) is 5.28. The molecule has 5 nitrogen and oxygen atoms in total. The molecule has 1 spiro atoms. The Morgan fingerprint density at radius 3 is 2.74 bits per heavy atom. The summed E-state index contributed by atoms with van der Waals surface area (Å²) < 4.78 is 5.13. The minimum Gasteiger partial charge on any atom is -0.383 e. The summed E-state index contributed by atoms with van der Waals surface area (Å²) in [5.41, 5.74) is 1.19. The SMILES string of the molecule is COCCN1CCC2(CCCN(Cc3ccncc3)CC2)C1=O. The molecular weight excluding hydrogens is 290 g/mol. The Balaban J connectivity index is 1.59. The maximum Gasteiger partial charge on any atom is 0.228 e. The second kappa shape index (κ2) is 7.41. The molecular formula is C18H27N3O2. The van der Waals surface area contributed by atoms with Crippen molar-refractivity contribution in [2.75, 3.05) is 39.9 Å². The predicted octanol–water partition coefficient (Wildman–Crippen LogP) is 1.93. The maximum absolute atomic E-state index is 12.8. The van der Waals surface area contributed by atoms with Crippen molar-refractivity contribution in [3.8, 4) is 0 Å². The zero-order chi connectivity index (χ0) is 16.1. The summed E-state index contributed by atoms with van der Waals surface area (Å²) in [7, 11) is 1.69. The Labute approximate surface area is 138 Å². The summed E-state index contributed by atoms with van der Waals surface area (Å²) >= 11 is 0. The molecule has 1 amide bonds. The average molecular weight is 317 g/mol. The average Bonchev–Trinajstić information content (AvgIpc) is 2.75. The fourth-order valence-corrected chi connectivity index (χ4v) is 3.93. The number of hydrogen-bond acceptors (Lipinski definition) is 4. The highest BCUT2D eigenvalue weighted by molar-refractivity contribution is 5.84. The molecule has 5 heteroatoms. The molecule has 3 rings (SSSR count). The van der Waals surface area contributed by atoms with Crippen LogP contribution >= 0.6 is 0 Å². The third-order valence-electron chi connectivity index (χ3n) is 5.36. The summed E-state index contributed by atoms with van der Waals surface area (Å²) in [6, 6.07) is 4.15. The molecule has 2 saturated heterocycles. The first-order valence-corrected chi connectivity index (χ1v) is 8.63. The van der Waals surface area contributed by atoms with Gasteiger partial charge < -0.3 is 9.64 Å². The number of amides is 1. The van der Waals surface area contributed by atoms with Gasteiger partial charge in [-0.2, -0.15) is 0 Å². The Bertz CT molecular complexity index is 522. The number of rotatable bonds is 5. The van der Waals surface area contributed by atoms with E-state index >= 15 is 0 Å². The van der Waals surface area contributed by atoms with Crippen LogP contribution in [0, 0.1) is 5.41 Å². The second-order valence-corrected chi connectivity index (χ2v) is 6.80. The second-order valence-electron chi connectivity index (χ2n) is 6.80. The van der Waals surface area contributed by atoms with Gasteiger partial charge in [0.15, 0.2) is 0 Å². The van der Waals surface area contributed by atoms with Crippen LogP contribution in [-0.2, 0) is 16.1 Å². The van der Waals surface area contributed by atoms with Crippen LogP contribution in [0.4, 0.5) is 0 Å². The van der Waals surface area contributed by atoms with Gasteiger partial charge in [0, 0.05) is 39.1 Å². The van der Waals surface area contributed by atoms with E-state index in [1.54, 1.807) is 7.11 Å². The largest absolute Gasteiger partial charge is 0.383 e. The minimum absolute atomic E-state index is 0.110. The highest BCUT2D eigenvalue weighted by atomic mass is 16.5. The number of hydrogen-bond donors (Lipinski definition) is 0. The molecule has 0 radical (unpaired) electrons. The molecule has 1 unspecified atom stereocenters. The number of carbonyl (C=O) groups is 1. The zero-order valence-corrected chi connectivity index (χ0v) is 14.0. The minimum atomic E-state index is -0.110. The van der Waals surface area contributed by atoms with E-state index < -0.39 is 0 Å². The number of carbonyl (C=O) groups excluding carboxylic acids is 1. The van der Waals surface area contributed by atoms with Crippen LogP contribution in [0.25, 0.3) is 0 Å².